The van der Waals surface area contributed by atoms with Crippen molar-refractivity contribution in [1.82, 2.24) is 31.8 Å². The first-order valence-corrected chi connectivity index (χ1v) is 9.25. The number of carbonyl (C=O) groups excluding carboxylic acids is 2. The zero-order valence-corrected chi connectivity index (χ0v) is 16.6. The minimum atomic E-state index is -0.354. The first-order chi connectivity index (χ1) is 13.0. The molecule has 144 valence electrons. The van der Waals surface area contributed by atoms with E-state index in [0.717, 1.165) is 4.47 Å². The Morgan fingerprint density at radius 2 is 2.15 bits per heavy atom. The Hall–Kier alpha value is -2.08. The third kappa shape index (κ3) is 3.95. The molecule has 1 saturated heterocycles. The van der Waals surface area contributed by atoms with E-state index in [-0.39, 0.29) is 23.6 Å². The lowest BCUT2D eigenvalue weighted by Gasteiger charge is -2.13. The number of nitrogens with one attached hydrogen (secondary N) is 5. The lowest BCUT2D eigenvalue weighted by Crippen LogP contribution is -2.43. The highest BCUT2D eigenvalue weighted by Crippen LogP contribution is 2.27. The molecule has 0 saturated carbocycles. The van der Waals surface area contributed by atoms with Crippen LogP contribution in [0.1, 0.15) is 43.8 Å². The highest BCUT2D eigenvalue weighted by atomic mass is 79.9. The van der Waals surface area contributed by atoms with Gasteiger partial charge < -0.3 is 16.0 Å². The molecule has 2 heterocycles. The molecule has 1 aliphatic rings. The van der Waals surface area contributed by atoms with Gasteiger partial charge in [-0.1, -0.05) is 28.1 Å². The van der Waals surface area contributed by atoms with Crippen LogP contribution in [-0.2, 0) is 0 Å². The Kier molecular flexibility index (Phi) is 6.05. The van der Waals surface area contributed by atoms with E-state index >= 15 is 0 Å². The molecular formula is C17H22BrN7O2. The fourth-order valence-electron chi connectivity index (χ4n) is 3.00. The average molecular weight is 436 g/mol. The van der Waals surface area contributed by atoms with Gasteiger partial charge in [-0.05, 0) is 24.6 Å². The molecule has 0 bridgehead atoms. The number of halogens is 1. The molecule has 1 amide bonds. The van der Waals surface area contributed by atoms with E-state index in [1.54, 1.807) is 23.3 Å². The maximum absolute atomic E-state index is 13.2. The lowest BCUT2D eigenvalue weighted by atomic mass is 9.98. The number of nitrogens with zero attached hydrogens (tertiary/aromatic N) is 1. The Labute approximate surface area is 165 Å². The minimum absolute atomic E-state index is 0.223. The number of H-pyrrole nitrogens is 1. The largest absolute Gasteiger partial charge is 0.354 e. The van der Waals surface area contributed by atoms with Gasteiger partial charge in [0.05, 0.1) is 11.3 Å². The van der Waals surface area contributed by atoms with Crippen LogP contribution in [0.5, 0.6) is 0 Å². The molecule has 1 atom stereocenters. The molecule has 0 spiro atoms. The van der Waals surface area contributed by atoms with Gasteiger partial charge in [0, 0.05) is 30.2 Å². The summed E-state index contributed by atoms with van der Waals surface area (Å²) in [6, 6.07) is 7.09. The maximum Gasteiger partial charge on any atom is 0.268 e. The SMILES string of the molecule is CNC(=O)c1[nH]c(C2NNN(CCN)N2)c(C)c1C(=O)c1cccc(Br)c1. The summed E-state index contributed by atoms with van der Waals surface area (Å²) < 4.78 is 0.795. The number of amides is 1. The molecule has 1 aliphatic heterocycles. The quantitative estimate of drug-likeness (QED) is 0.364. The van der Waals surface area contributed by atoms with Crippen molar-refractivity contribution in [3.05, 3.63) is 56.8 Å². The summed E-state index contributed by atoms with van der Waals surface area (Å²) in [6.45, 7) is 2.86. The standard InChI is InChI=1S/C17H22BrN7O2/c1-9-12(15(26)10-4-3-5-11(18)8-10)14(17(27)20-2)21-13(9)16-22-24-25(23-16)7-6-19/h3-5,8,16,21-24H,6-7,19H2,1-2H3,(H,20,27). The van der Waals surface area contributed by atoms with E-state index in [0.29, 0.717) is 35.5 Å². The molecule has 1 fully saturated rings. The van der Waals surface area contributed by atoms with Crippen molar-refractivity contribution in [3.8, 4) is 0 Å². The zero-order valence-electron chi connectivity index (χ0n) is 15.0. The summed E-state index contributed by atoms with van der Waals surface area (Å²) in [6.07, 6.45) is -0.344. The van der Waals surface area contributed by atoms with Crippen LogP contribution in [0.2, 0.25) is 0 Å². The fourth-order valence-corrected chi connectivity index (χ4v) is 3.40. The van der Waals surface area contributed by atoms with Gasteiger partial charge in [-0.2, -0.15) is 10.7 Å². The third-order valence-electron chi connectivity index (χ3n) is 4.33. The molecule has 1 aromatic heterocycles. The molecular weight excluding hydrogens is 414 g/mol. The van der Waals surface area contributed by atoms with E-state index in [9.17, 15) is 9.59 Å². The predicted molar refractivity (Wildman–Crippen MR) is 104 cm³/mol. The van der Waals surface area contributed by atoms with Gasteiger partial charge >= 0.3 is 0 Å². The van der Waals surface area contributed by atoms with Crippen molar-refractivity contribution >= 4 is 27.6 Å². The van der Waals surface area contributed by atoms with Crippen LogP contribution in [0, 0.1) is 6.92 Å². The molecule has 0 aliphatic carbocycles. The molecule has 2 aromatic rings. The van der Waals surface area contributed by atoms with Gasteiger partial charge in [0.25, 0.3) is 5.91 Å². The van der Waals surface area contributed by atoms with Crippen LogP contribution >= 0.6 is 15.9 Å². The Morgan fingerprint density at radius 3 is 2.81 bits per heavy atom. The minimum Gasteiger partial charge on any atom is -0.354 e. The normalized spacial score (nSPS) is 17.3. The van der Waals surface area contributed by atoms with E-state index in [1.165, 1.54) is 7.05 Å². The van der Waals surface area contributed by atoms with Crippen molar-refractivity contribution < 1.29 is 9.59 Å². The summed E-state index contributed by atoms with van der Waals surface area (Å²) in [7, 11) is 1.53. The van der Waals surface area contributed by atoms with Crippen molar-refractivity contribution in [2.75, 3.05) is 20.1 Å². The number of rotatable bonds is 6. The van der Waals surface area contributed by atoms with Gasteiger partial charge in [-0.3, -0.25) is 9.59 Å². The molecule has 10 heteroatoms. The number of hydrogen-bond donors (Lipinski definition) is 6. The number of nitrogens with two attached hydrogens (primary N) is 1. The molecule has 7 N–H and O–H groups in total. The Balaban J connectivity index is 2.01. The van der Waals surface area contributed by atoms with Crippen molar-refractivity contribution in [2.24, 2.45) is 5.73 Å². The smallest absolute Gasteiger partial charge is 0.268 e. The monoisotopic (exact) mass is 435 g/mol. The van der Waals surface area contributed by atoms with E-state index in [4.69, 9.17) is 5.73 Å². The number of hydrogen-bond acceptors (Lipinski definition) is 7. The maximum atomic E-state index is 13.2. The Morgan fingerprint density at radius 1 is 1.37 bits per heavy atom. The van der Waals surface area contributed by atoms with Crippen LogP contribution in [-0.4, -0.2) is 41.9 Å². The van der Waals surface area contributed by atoms with Gasteiger partial charge in [0.1, 0.15) is 11.9 Å². The van der Waals surface area contributed by atoms with Crippen LogP contribution in [0.4, 0.5) is 0 Å². The van der Waals surface area contributed by atoms with E-state index < -0.39 is 0 Å². The zero-order chi connectivity index (χ0) is 19.6. The third-order valence-corrected chi connectivity index (χ3v) is 4.82. The first kappa shape index (κ1) is 19.7. The summed E-state index contributed by atoms with van der Waals surface area (Å²) in [5, 5.41) is 4.29. The predicted octanol–water partition coefficient (Wildman–Crippen LogP) is 0.463. The highest BCUT2D eigenvalue weighted by molar-refractivity contribution is 9.10. The summed E-state index contributed by atoms with van der Waals surface area (Å²) >= 11 is 3.38. The molecule has 27 heavy (non-hydrogen) atoms. The summed E-state index contributed by atoms with van der Waals surface area (Å²) in [4.78, 5) is 28.7. The second kappa shape index (κ2) is 8.30. The number of benzene rings is 1. The van der Waals surface area contributed by atoms with Crippen molar-refractivity contribution in [3.63, 3.8) is 0 Å². The summed E-state index contributed by atoms with van der Waals surface area (Å²) in [5.74, 6) is -0.577. The molecule has 1 aromatic carbocycles. The van der Waals surface area contributed by atoms with E-state index in [2.05, 4.69) is 42.6 Å². The van der Waals surface area contributed by atoms with Crippen LogP contribution in [0.15, 0.2) is 28.7 Å². The highest BCUT2D eigenvalue weighted by Gasteiger charge is 2.31. The first-order valence-electron chi connectivity index (χ1n) is 8.46. The second-order valence-corrected chi connectivity index (χ2v) is 7.01. The number of aromatic nitrogens is 1. The topological polar surface area (TPSA) is 127 Å². The van der Waals surface area contributed by atoms with E-state index in [1.807, 2.05) is 13.0 Å². The van der Waals surface area contributed by atoms with Crippen molar-refractivity contribution in [1.29, 1.82) is 0 Å². The van der Waals surface area contributed by atoms with Gasteiger partial charge in [0.15, 0.2) is 5.78 Å². The fraction of sp³-hybridized carbons (Fsp3) is 0.294. The molecule has 3 rings (SSSR count). The van der Waals surface area contributed by atoms with Gasteiger partial charge in [-0.25, -0.2) is 10.9 Å². The van der Waals surface area contributed by atoms with Crippen LogP contribution in [0.25, 0.3) is 0 Å². The second-order valence-electron chi connectivity index (χ2n) is 6.09. The van der Waals surface area contributed by atoms with Crippen LogP contribution < -0.4 is 27.4 Å². The Bertz CT molecular complexity index is 867. The molecule has 9 nitrogen and oxygen atoms in total. The molecule has 0 radical (unpaired) electrons. The van der Waals surface area contributed by atoms with Crippen LogP contribution in [0.3, 0.4) is 0 Å². The lowest BCUT2D eigenvalue weighted by molar-refractivity contribution is 0.0946. The molecule has 1 unspecified atom stereocenters. The van der Waals surface area contributed by atoms with Crippen molar-refractivity contribution in [2.45, 2.75) is 13.1 Å². The summed E-state index contributed by atoms with van der Waals surface area (Å²) in [5.41, 5.74) is 17.2. The number of carbonyl (C=O) groups is 2. The van der Waals surface area contributed by atoms with Gasteiger partial charge in [-0.15, -0.1) is 0 Å². The number of aromatic amines is 1. The van der Waals surface area contributed by atoms with Gasteiger partial charge in [0.2, 0.25) is 0 Å². The number of hydrazine groups is 3. The number of ketones is 1. The average Bonchev–Trinajstić information content (AvgIpc) is 3.25.